The van der Waals surface area contributed by atoms with Gasteiger partial charge in [0.2, 0.25) is 9.05 Å². The highest BCUT2D eigenvalue weighted by Crippen LogP contribution is 2.49. The molecule has 106 valence electrons. The second-order valence-corrected chi connectivity index (χ2v) is 10.1. The van der Waals surface area contributed by atoms with Gasteiger partial charge in [0.15, 0.2) is 0 Å². The Balaban J connectivity index is 2.20. The summed E-state index contributed by atoms with van der Waals surface area (Å²) in [5.41, 5.74) is 1.29. The molecule has 0 amide bonds. The fourth-order valence-corrected chi connectivity index (χ4v) is 4.75. The minimum Gasteiger partial charge on any atom is -0.229 e. The monoisotopic (exact) mass is 322 g/mol. The number of hydrogen-bond donors (Lipinski definition) is 0. The summed E-state index contributed by atoms with van der Waals surface area (Å²) in [7, 11) is -1.40. The fourth-order valence-electron chi connectivity index (χ4n) is 2.32. The zero-order valence-corrected chi connectivity index (χ0v) is 12.9. The Labute approximate surface area is 118 Å². The number of rotatable bonds is 5. The van der Waals surface area contributed by atoms with Gasteiger partial charge in [-0.3, -0.25) is 0 Å². The molecule has 2 rings (SSSR count). The first-order valence-electron chi connectivity index (χ1n) is 5.79. The molecule has 0 spiro atoms. The van der Waals surface area contributed by atoms with Gasteiger partial charge in [0.05, 0.1) is 11.5 Å². The van der Waals surface area contributed by atoms with Crippen LogP contribution in [0.5, 0.6) is 0 Å². The molecule has 0 aromatic heterocycles. The van der Waals surface area contributed by atoms with Crippen molar-refractivity contribution in [2.75, 3.05) is 12.0 Å². The summed E-state index contributed by atoms with van der Waals surface area (Å²) >= 11 is 0. The van der Waals surface area contributed by atoms with E-state index in [0.29, 0.717) is 5.56 Å². The first-order valence-corrected chi connectivity index (χ1v) is 10.3. The summed E-state index contributed by atoms with van der Waals surface area (Å²) in [6.07, 6.45) is 2.95. The molecule has 0 atom stereocenters. The molecular weight excluding hydrogens is 308 g/mol. The average molecular weight is 323 g/mol. The van der Waals surface area contributed by atoms with Crippen LogP contribution in [0.4, 0.5) is 0 Å². The van der Waals surface area contributed by atoms with Crippen LogP contribution in [0.25, 0.3) is 0 Å². The lowest BCUT2D eigenvalue weighted by Gasteiger charge is -2.14. The smallest absolute Gasteiger partial charge is 0.229 e. The van der Waals surface area contributed by atoms with E-state index in [4.69, 9.17) is 10.7 Å². The molecule has 1 aromatic rings. The lowest BCUT2D eigenvalue weighted by molar-refractivity contribution is 0.592. The SMILES string of the molecule is CS(=O)(=O)CC1(c2ccc(CS(=O)(=O)Cl)cc2)CC1. The van der Waals surface area contributed by atoms with Crippen molar-refractivity contribution in [3.63, 3.8) is 0 Å². The Morgan fingerprint density at radius 1 is 1.11 bits per heavy atom. The van der Waals surface area contributed by atoms with Crippen molar-refractivity contribution in [3.8, 4) is 0 Å². The third kappa shape index (κ3) is 4.19. The molecule has 19 heavy (non-hydrogen) atoms. The van der Waals surface area contributed by atoms with Crippen molar-refractivity contribution in [3.05, 3.63) is 35.4 Å². The zero-order chi connectivity index (χ0) is 14.3. The molecule has 7 heteroatoms. The van der Waals surface area contributed by atoms with Crippen molar-refractivity contribution in [2.24, 2.45) is 0 Å². The normalized spacial score (nSPS) is 18.2. The van der Waals surface area contributed by atoms with Crippen molar-refractivity contribution in [1.82, 2.24) is 0 Å². The van der Waals surface area contributed by atoms with Gasteiger partial charge in [-0.05, 0) is 24.0 Å². The van der Waals surface area contributed by atoms with E-state index < -0.39 is 18.9 Å². The van der Waals surface area contributed by atoms with Crippen LogP contribution in [-0.2, 0) is 30.1 Å². The number of benzene rings is 1. The molecule has 0 aliphatic heterocycles. The number of sulfone groups is 1. The van der Waals surface area contributed by atoms with Crippen LogP contribution in [0, 0.1) is 0 Å². The van der Waals surface area contributed by atoms with E-state index in [1.54, 1.807) is 24.3 Å². The summed E-state index contributed by atoms with van der Waals surface area (Å²) in [4.78, 5) is 0. The first kappa shape index (κ1) is 14.8. The van der Waals surface area contributed by atoms with E-state index in [9.17, 15) is 16.8 Å². The van der Waals surface area contributed by atoms with Crippen LogP contribution in [0.1, 0.15) is 24.0 Å². The van der Waals surface area contributed by atoms with Crippen molar-refractivity contribution in [1.29, 1.82) is 0 Å². The molecule has 4 nitrogen and oxygen atoms in total. The van der Waals surface area contributed by atoms with Crippen molar-refractivity contribution < 1.29 is 16.8 Å². The van der Waals surface area contributed by atoms with E-state index in [1.165, 1.54) is 6.26 Å². The number of halogens is 1. The van der Waals surface area contributed by atoms with Gasteiger partial charge >= 0.3 is 0 Å². The lowest BCUT2D eigenvalue weighted by atomic mass is 9.97. The fraction of sp³-hybridized carbons (Fsp3) is 0.500. The third-order valence-electron chi connectivity index (χ3n) is 3.30. The van der Waals surface area contributed by atoms with E-state index in [-0.39, 0.29) is 16.9 Å². The maximum absolute atomic E-state index is 11.4. The van der Waals surface area contributed by atoms with Crippen LogP contribution in [0.3, 0.4) is 0 Å². The second kappa shape index (κ2) is 4.75. The summed E-state index contributed by atoms with van der Waals surface area (Å²) in [6.45, 7) is 0. The molecule has 0 heterocycles. The largest absolute Gasteiger partial charge is 0.236 e. The molecule has 1 aromatic carbocycles. The molecule has 1 fully saturated rings. The first-order chi connectivity index (χ1) is 8.60. The molecular formula is C12H15ClO4S2. The van der Waals surface area contributed by atoms with Gasteiger partial charge in [-0.25, -0.2) is 16.8 Å². The Morgan fingerprint density at radius 3 is 2.00 bits per heavy atom. The highest BCUT2D eigenvalue weighted by Gasteiger charge is 2.46. The van der Waals surface area contributed by atoms with Gasteiger partial charge in [-0.1, -0.05) is 24.3 Å². The lowest BCUT2D eigenvalue weighted by Crippen LogP contribution is -2.19. The maximum atomic E-state index is 11.4. The minimum atomic E-state index is -3.56. The Hall–Kier alpha value is -0.590. The van der Waals surface area contributed by atoms with Crippen molar-refractivity contribution >= 4 is 29.6 Å². The van der Waals surface area contributed by atoms with Gasteiger partial charge in [0.1, 0.15) is 9.84 Å². The summed E-state index contributed by atoms with van der Waals surface area (Å²) in [5.74, 6) is -0.0684. The topological polar surface area (TPSA) is 68.3 Å². The molecule has 0 saturated heterocycles. The van der Waals surface area contributed by atoms with E-state index in [0.717, 1.165) is 18.4 Å². The maximum Gasteiger partial charge on any atom is 0.236 e. The van der Waals surface area contributed by atoms with Crippen LogP contribution >= 0.6 is 10.7 Å². The molecule has 1 aliphatic rings. The average Bonchev–Trinajstić information content (AvgIpc) is 2.94. The third-order valence-corrected chi connectivity index (χ3v) is 5.38. The van der Waals surface area contributed by atoms with Crippen molar-refractivity contribution in [2.45, 2.75) is 24.0 Å². The minimum absolute atomic E-state index is 0.146. The van der Waals surface area contributed by atoms with Gasteiger partial charge < -0.3 is 0 Å². The van der Waals surface area contributed by atoms with Crippen LogP contribution in [-0.4, -0.2) is 28.8 Å². The summed E-state index contributed by atoms with van der Waals surface area (Å²) in [6, 6.07) is 6.99. The highest BCUT2D eigenvalue weighted by atomic mass is 35.7. The van der Waals surface area contributed by atoms with E-state index >= 15 is 0 Å². The molecule has 0 N–H and O–H groups in total. The Bertz CT molecular complexity index is 671. The molecule has 0 unspecified atom stereocenters. The molecule has 0 bridgehead atoms. The predicted molar refractivity (Wildman–Crippen MR) is 75.5 cm³/mol. The van der Waals surface area contributed by atoms with Crippen LogP contribution in [0.15, 0.2) is 24.3 Å². The standard InChI is InChI=1S/C12H15ClO4S2/c1-18(14,15)9-12(6-7-12)11-4-2-10(3-5-11)8-19(13,16)17/h2-5H,6-9H2,1H3. The van der Waals surface area contributed by atoms with Gasteiger partial charge in [-0.15, -0.1) is 0 Å². The van der Waals surface area contributed by atoms with E-state index in [2.05, 4.69) is 0 Å². The predicted octanol–water partition coefficient (Wildman–Crippen LogP) is 1.83. The van der Waals surface area contributed by atoms with Crippen LogP contribution in [0.2, 0.25) is 0 Å². The second-order valence-electron chi connectivity index (χ2n) is 5.23. The molecule has 1 saturated carbocycles. The highest BCUT2D eigenvalue weighted by molar-refractivity contribution is 8.13. The number of hydrogen-bond acceptors (Lipinski definition) is 4. The van der Waals surface area contributed by atoms with Gasteiger partial charge in [-0.2, -0.15) is 0 Å². The molecule has 0 radical (unpaired) electrons. The summed E-state index contributed by atoms with van der Waals surface area (Å²) < 4.78 is 44.8. The van der Waals surface area contributed by atoms with Crippen LogP contribution < -0.4 is 0 Å². The van der Waals surface area contributed by atoms with E-state index in [1.807, 2.05) is 0 Å². The quantitative estimate of drug-likeness (QED) is 0.776. The molecule has 1 aliphatic carbocycles. The Kier molecular flexibility index (Phi) is 3.70. The zero-order valence-electron chi connectivity index (χ0n) is 10.5. The Morgan fingerprint density at radius 2 is 1.63 bits per heavy atom. The van der Waals surface area contributed by atoms with Gasteiger partial charge in [0, 0.05) is 22.4 Å². The van der Waals surface area contributed by atoms with Gasteiger partial charge in [0.25, 0.3) is 0 Å². The summed E-state index contributed by atoms with van der Waals surface area (Å²) in [5, 5.41) is 0.